The highest BCUT2D eigenvalue weighted by atomic mass is 35.5. The van der Waals surface area contributed by atoms with Crippen molar-refractivity contribution in [1.82, 2.24) is 4.57 Å². The van der Waals surface area contributed by atoms with Gasteiger partial charge in [0.05, 0.1) is 27.4 Å². The fraction of sp³-hybridized carbons (Fsp3) is 0.188. The highest BCUT2D eigenvalue weighted by Gasteiger charge is 2.20. The third kappa shape index (κ3) is 2.62. The molecule has 3 aromatic rings. The number of methoxy groups -OCH3 is 1. The van der Waals surface area contributed by atoms with Gasteiger partial charge in [-0.25, -0.2) is 8.78 Å². The zero-order valence-corrected chi connectivity index (χ0v) is 13.8. The molecular formula is C16H12ClF2NO2S. The van der Waals surface area contributed by atoms with Crippen LogP contribution in [0.15, 0.2) is 30.3 Å². The summed E-state index contributed by atoms with van der Waals surface area (Å²) in [6, 6.07) is 7.88. The smallest absolute Gasteiger partial charge is 0.272 e. The Bertz CT molecular complexity index is 901. The van der Waals surface area contributed by atoms with Crippen molar-refractivity contribution in [3.63, 3.8) is 0 Å². The highest BCUT2D eigenvalue weighted by molar-refractivity contribution is 7.14. The fourth-order valence-corrected chi connectivity index (χ4v) is 3.57. The van der Waals surface area contributed by atoms with E-state index in [9.17, 15) is 13.6 Å². The molecule has 0 aliphatic heterocycles. The molecule has 120 valence electrons. The number of carbonyl (C=O) groups is 1. The molecule has 0 unspecified atom stereocenters. The van der Waals surface area contributed by atoms with Gasteiger partial charge in [-0.05, 0) is 37.3 Å². The number of nitrogens with zero attached hydrogens (tertiary/aromatic N) is 1. The lowest BCUT2D eigenvalue weighted by Gasteiger charge is -2.07. The van der Waals surface area contributed by atoms with E-state index in [0.717, 1.165) is 11.3 Å². The zero-order valence-electron chi connectivity index (χ0n) is 12.3. The number of carbonyl (C=O) groups excluding carboxylic acids is 1. The average molecular weight is 356 g/mol. The van der Waals surface area contributed by atoms with Crippen molar-refractivity contribution >= 4 is 39.7 Å². The lowest BCUT2D eigenvalue weighted by molar-refractivity contribution is 0.0967. The van der Waals surface area contributed by atoms with Crippen LogP contribution in [0.4, 0.5) is 8.78 Å². The molecule has 1 aromatic carbocycles. The lowest BCUT2D eigenvalue weighted by Crippen LogP contribution is -2.11. The van der Waals surface area contributed by atoms with Crippen LogP contribution in [0.3, 0.4) is 0 Å². The largest absolute Gasteiger partial charge is 0.495 e. The first kappa shape index (κ1) is 16.0. The quantitative estimate of drug-likeness (QED) is 0.638. The summed E-state index contributed by atoms with van der Waals surface area (Å²) < 4.78 is 32.1. The van der Waals surface area contributed by atoms with Crippen molar-refractivity contribution in [1.29, 1.82) is 0 Å². The average Bonchev–Trinajstić information content (AvgIpc) is 3.12. The number of thiophene rings is 1. The Kier molecular flexibility index (Phi) is 4.12. The predicted octanol–water partition coefficient (Wildman–Crippen LogP) is 5.30. The second-order valence-corrected chi connectivity index (χ2v) is 6.44. The number of aryl methyl sites for hydroxylation is 1. The minimum Gasteiger partial charge on any atom is -0.495 e. The molecule has 0 aliphatic carbocycles. The topological polar surface area (TPSA) is 31.2 Å². The van der Waals surface area contributed by atoms with Crippen LogP contribution >= 0.6 is 22.9 Å². The van der Waals surface area contributed by atoms with E-state index in [1.807, 2.05) is 0 Å². The molecule has 2 heterocycles. The van der Waals surface area contributed by atoms with Crippen molar-refractivity contribution in [2.75, 3.05) is 7.11 Å². The molecule has 7 heteroatoms. The Labute approximate surface area is 140 Å². The molecule has 0 atom stereocenters. The van der Waals surface area contributed by atoms with Crippen molar-refractivity contribution in [3.05, 3.63) is 50.8 Å². The van der Waals surface area contributed by atoms with Crippen LogP contribution in [0.2, 0.25) is 5.02 Å². The van der Waals surface area contributed by atoms with Gasteiger partial charge in [0, 0.05) is 11.1 Å². The van der Waals surface area contributed by atoms with Gasteiger partial charge < -0.3 is 4.74 Å². The molecule has 2 aromatic heterocycles. The maximum absolute atomic E-state index is 12.7. The van der Waals surface area contributed by atoms with Crippen LogP contribution < -0.4 is 4.74 Å². The van der Waals surface area contributed by atoms with Crippen LogP contribution in [0, 0.1) is 6.92 Å². The zero-order chi connectivity index (χ0) is 16.7. The Balaban J connectivity index is 2.13. The maximum atomic E-state index is 12.7. The third-order valence-electron chi connectivity index (χ3n) is 3.54. The van der Waals surface area contributed by atoms with Gasteiger partial charge in [0.2, 0.25) is 0 Å². The minimum atomic E-state index is -2.58. The third-order valence-corrected chi connectivity index (χ3v) is 5.01. The molecule has 23 heavy (non-hydrogen) atoms. The van der Waals surface area contributed by atoms with Gasteiger partial charge in [0.25, 0.3) is 12.3 Å². The number of benzene rings is 1. The van der Waals surface area contributed by atoms with E-state index in [0.29, 0.717) is 27.4 Å². The molecular weight excluding hydrogens is 344 g/mol. The SMILES string of the molecule is COc1ccc2c(cc(C)n2C(=O)c2ccc(C(F)F)s2)c1Cl. The van der Waals surface area contributed by atoms with E-state index < -0.39 is 6.43 Å². The summed E-state index contributed by atoms with van der Waals surface area (Å²) in [5.74, 6) is 0.163. The predicted molar refractivity (Wildman–Crippen MR) is 87.2 cm³/mol. The van der Waals surface area contributed by atoms with Gasteiger partial charge in [-0.15, -0.1) is 11.3 Å². The number of ether oxygens (including phenoxy) is 1. The van der Waals surface area contributed by atoms with Gasteiger partial charge in [0.15, 0.2) is 0 Å². The van der Waals surface area contributed by atoms with Gasteiger partial charge in [-0.1, -0.05) is 11.6 Å². The second-order valence-electron chi connectivity index (χ2n) is 4.94. The molecule has 0 aliphatic rings. The number of fused-ring (bicyclic) bond motifs is 1. The Hall–Kier alpha value is -1.92. The Morgan fingerprint density at radius 1 is 1.30 bits per heavy atom. The highest BCUT2D eigenvalue weighted by Crippen LogP contribution is 2.35. The van der Waals surface area contributed by atoms with E-state index in [4.69, 9.17) is 16.3 Å². The molecule has 3 nitrogen and oxygen atoms in total. The minimum absolute atomic E-state index is 0.123. The summed E-state index contributed by atoms with van der Waals surface area (Å²) in [6.07, 6.45) is -2.58. The molecule has 0 bridgehead atoms. The standard InChI is InChI=1S/C16H12ClF2NO2S/c1-8-7-9-10(3-4-11(22-2)14(9)17)20(8)16(21)13-6-5-12(23-13)15(18)19/h3-7,15H,1-2H3. The summed E-state index contributed by atoms with van der Waals surface area (Å²) >= 11 is 7.08. The summed E-state index contributed by atoms with van der Waals surface area (Å²) in [7, 11) is 1.51. The van der Waals surface area contributed by atoms with Crippen LogP contribution in [-0.4, -0.2) is 17.6 Å². The van der Waals surface area contributed by atoms with Gasteiger partial charge in [-0.2, -0.15) is 0 Å². The summed E-state index contributed by atoms with van der Waals surface area (Å²) in [5.41, 5.74) is 1.29. The lowest BCUT2D eigenvalue weighted by atomic mass is 10.2. The number of halogens is 3. The van der Waals surface area contributed by atoms with Crippen molar-refractivity contribution < 1.29 is 18.3 Å². The molecule has 3 rings (SSSR count). The molecule has 0 amide bonds. The van der Waals surface area contributed by atoms with Crippen molar-refractivity contribution in [3.8, 4) is 5.75 Å². The number of hydrogen-bond donors (Lipinski definition) is 0. The molecule has 0 fully saturated rings. The molecule has 0 spiro atoms. The van der Waals surface area contributed by atoms with E-state index in [-0.39, 0.29) is 15.7 Å². The number of alkyl halides is 2. The first-order valence-corrected chi connectivity index (χ1v) is 7.90. The van der Waals surface area contributed by atoms with Crippen molar-refractivity contribution in [2.24, 2.45) is 0 Å². The molecule has 0 radical (unpaired) electrons. The van der Waals surface area contributed by atoms with E-state index >= 15 is 0 Å². The van der Waals surface area contributed by atoms with Crippen LogP contribution in [-0.2, 0) is 0 Å². The van der Waals surface area contributed by atoms with Crippen molar-refractivity contribution in [2.45, 2.75) is 13.3 Å². The second kappa shape index (κ2) is 5.94. The van der Waals surface area contributed by atoms with Gasteiger partial charge >= 0.3 is 0 Å². The van der Waals surface area contributed by atoms with Crippen LogP contribution in [0.25, 0.3) is 10.9 Å². The first-order chi connectivity index (χ1) is 10.9. The summed E-state index contributed by atoms with van der Waals surface area (Å²) in [6.45, 7) is 1.77. The monoisotopic (exact) mass is 355 g/mol. The van der Waals surface area contributed by atoms with E-state index in [2.05, 4.69) is 0 Å². The number of rotatable bonds is 3. The normalized spacial score (nSPS) is 11.4. The van der Waals surface area contributed by atoms with Gasteiger partial charge in [0.1, 0.15) is 5.75 Å². The van der Waals surface area contributed by atoms with Crippen LogP contribution in [0.5, 0.6) is 5.75 Å². The number of hydrogen-bond acceptors (Lipinski definition) is 3. The van der Waals surface area contributed by atoms with E-state index in [1.54, 1.807) is 25.1 Å². The summed E-state index contributed by atoms with van der Waals surface area (Å²) in [5, 5.41) is 1.10. The van der Waals surface area contributed by atoms with E-state index in [1.165, 1.54) is 23.8 Å². The fourth-order valence-electron chi connectivity index (χ4n) is 2.48. The Morgan fingerprint density at radius 2 is 2.04 bits per heavy atom. The maximum Gasteiger partial charge on any atom is 0.272 e. The molecule has 0 N–H and O–H groups in total. The van der Waals surface area contributed by atoms with Crippen LogP contribution in [0.1, 0.15) is 26.7 Å². The van der Waals surface area contributed by atoms with Gasteiger partial charge in [-0.3, -0.25) is 9.36 Å². The summed E-state index contributed by atoms with van der Waals surface area (Å²) in [4.78, 5) is 12.8. The number of aromatic nitrogens is 1. The molecule has 0 saturated heterocycles. The molecule has 0 saturated carbocycles. The Morgan fingerprint density at radius 3 is 2.65 bits per heavy atom. The first-order valence-electron chi connectivity index (χ1n) is 6.71.